The third-order valence-corrected chi connectivity index (χ3v) is 4.41. The van der Waals surface area contributed by atoms with Crippen molar-refractivity contribution >= 4 is 5.91 Å². The van der Waals surface area contributed by atoms with Gasteiger partial charge in [-0.25, -0.2) is 0 Å². The van der Waals surface area contributed by atoms with E-state index in [4.69, 9.17) is 12.2 Å². The molecule has 0 spiro atoms. The zero-order valence-electron chi connectivity index (χ0n) is 11.0. The average molecular weight is 249 g/mol. The highest BCUT2D eigenvalue weighted by molar-refractivity contribution is 5.77. The summed E-state index contributed by atoms with van der Waals surface area (Å²) in [4.78, 5) is 16.4. The molecule has 0 aromatic heterocycles. The summed E-state index contributed by atoms with van der Waals surface area (Å²) in [6.07, 6.45) is 9.39. The van der Waals surface area contributed by atoms with E-state index in [1.165, 1.54) is 6.42 Å². The number of nitrogens with two attached hydrogens (primary N) is 1. The molecule has 0 radical (unpaired) electrons. The molecule has 2 aliphatic rings. The Bertz CT molecular complexity index is 330. The Kier molecular flexibility index (Phi) is 4.26. The minimum absolute atomic E-state index is 0.118. The van der Waals surface area contributed by atoms with Gasteiger partial charge in [0.25, 0.3) is 0 Å². The zero-order valence-corrected chi connectivity index (χ0v) is 11.0. The van der Waals surface area contributed by atoms with Crippen molar-refractivity contribution in [1.82, 2.24) is 9.80 Å². The third-order valence-electron chi connectivity index (χ3n) is 4.41. The van der Waals surface area contributed by atoms with Crippen LogP contribution in [-0.4, -0.2) is 55.0 Å². The van der Waals surface area contributed by atoms with Gasteiger partial charge in [-0.3, -0.25) is 9.69 Å². The highest BCUT2D eigenvalue weighted by Gasteiger charge is 2.38. The van der Waals surface area contributed by atoms with Gasteiger partial charge in [0.15, 0.2) is 0 Å². The molecular weight excluding hydrogens is 226 g/mol. The number of piperazine rings is 1. The Balaban J connectivity index is 1.79. The van der Waals surface area contributed by atoms with Crippen LogP contribution in [0.3, 0.4) is 0 Å². The largest absolute Gasteiger partial charge is 0.340 e. The molecule has 2 N–H and O–H groups in total. The Labute approximate surface area is 109 Å². The first-order valence-corrected chi connectivity index (χ1v) is 6.83. The number of hydrogen-bond donors (Lipinski definition) is 1. The SMILES string of the molecule is C#CCN1CCN(C(=O)CC2(CN)CCC2)CC1. The molecule has 0 bridgehead atoms. The molecule has 1 saturated heterocycles. The normalized spacial score (nSPS) is 23.2. The summed E-state index contributed by atoms with van der Waals surface area (Å²) in [5.74, 6) is 2.93. The molecule has 2 rings (SSSR count). The maximum atomic E-state index is 12.2. The van der Waals surface area contributed by atoms with Crippen molar-refractivity contribution in [3.05, 3.63) is 0 Å². The predicted molar refractivity (Wildman–Crippen MR) is 71.8 cm³/mol. The smallest absolute Gasteiger partial charge is 0.223 e. The highest BCUT2D eigenvalue weighted by Crippen LogP contribution is 2.43. The second kappa shape index (κ2) is 5.73. The number of carbonyl (C=O) groups excluding carboxylic acids is 1. The number of rotatable bonds is 4. The summed E-state index contributed by atoms with van der Waals surface area (Å²) in [6, 6.07) is 0. The molecule has 1 aliphatic carbocycles. The molecule has 100 valence electrons. The van der Waals surface area contributed by atoms with Crippen molar-refractivity contribution in [2.75, 3.05) is 39.3 Å². The fourth-order valence-corrected chi connectivity index (χ4v) is 2.85. The molecular formula is C14H23N3O. The summed E-state index contributed by atoms with van der Waals surface area (Å²) in [5, 5.41) is 0. The van der Waals surface area contributed by atoms with Crippen LogP contribution in [0.2, 0.25) is 0 Å². The summed E-state index contributed by atoms with van der Waals surface area (Å²) in [6.45, 7) is 4.74. The van der Waals surface area contributed by atoms with Gasteiger partial charge in [-0.2, -0.15) is 0 Å². The van der Waals surface area contributed by atoms with Crippen molar-refractivity contribution in [3.8, 4) is 12.3 Å². The van der Waals surface area contributed by atoms with Crippen LogP contribution in [0.4, 0.5) is 0 Å². The minimum atomic E-state index is 0.118. The molecule has 1 amide bonds. The van der Waals surface area contributed by atoms with Crippen LogP contribution >= 0.6 is 0 Å². The van der Waals surface area contributed by atoms with Gasteiger partial charge >= 0.3 is 0 Å². The van der Waals surface area contributed by atoms with Crippen LogP contribution in [-0.2, 0) is 4.79 Å². The van der Waals surface area contributed by atoms with Crippen LogP contribution in [0.25, 0.3) is 0 Å². The summed E-state index contributed by atoms with van der Waals surface area (Å²) in [7, 11) is 0. The van der Waals surface area contributed by atoms with Crippen LogP contribution < -0.4 is 5.73 Å². The fraction of sp³-hybridized carbons (Fsp3) is 0.786. The monoisotopic (exact) mass is 249 g/mol. The lowest BCUT2D eigenvalue weighted by Gasteiger charge is -2.42. The maximum absolute atomic E-state index is 12.2. The van der Waals surface area contributed by atoms with Gasteiger partial charge in [0.05, 0.1) is 6.54 Å². The van der Waals surface area contributed by atoms with Gasteiger partial charge in [0.2, 0.25) is 5.91 Å². The molecule has 0 aromatic carbocycles. The number of carbonyl (C=O) groups is 1. The zero-order chi connectivity index (χ0) is 13.0. The topological polar surface area (TPSA) is 49.6 Å². The molecule has 0 aromatic rings. The molecule has 1 saturated carbocycles. The van der Waals surface area contributed by atoms with Crippen LogP contribution in [0.1, 0.15) is 25.7 Å². The molecule has 4 nitrogen and oxygen atoms in total. The van der Waals surface area contributed by atoms with E-state index < -0.39 is 0 Å². The van der Waals surface area contributed by atoms with E-state index >= 15 is 0 Å². The molecule has 0 unspecified atom stereocenters. The van der Waals surface area contributed by atoms with E-state index in [9.17, 15) is 4.79 Å². The van der Waals surface area contributed by atoms with Crippen molar-refractivity contribution in [3.63, 3.8) is 0 Å². The molecule has 18 heavy (non-hydrogen) atoms. The summed E-state index contributed by atoms with van der Waals surface area (Å²) < 4.78 is 0. The third kappa shape index (κ3) is 2.85. The van der Waals surface area contributed by atoms with Gasteiger partial charge < -0.3 is 10.6 Å². The summed E-state index contributed by atoms with van der Waals surface area (Å²) >= 11 is 0. The van der Waals surface area contributed by atoms with Crippen LogP contribution in [0, 0.1) is 17.8 Å². The van der Waals surface area contributed by atoms with Gasteiger partial charge in [-0.1, -0.05) is 12.3 Å². The van der Waals surface area contributed by atoms with E-state index in [0.29, 0.717) is 19.5 Å². The van der Waals surface area contributed by atoms with E-state index in [2.05, 4.69) is 10.8 Å². The molecule has 2 fully saturated rings. The first-order chi connectivity index (χ1) is 8.69. The van der Waals surface area contributed by atoms with Gasteiger partial charge in [0.1, 0.15) is 0 Å². The maximum Gasteiger partial charge on any atom is 0.223 e. The van der Waals surface area contributed by atoms with Crippen LogP contribution in [0.15, 0.2) is 0 Å². The number of nitrogens with zero attached hydrogens (tertiary/aromatic N) is 2. The second-order valence-electron chi connectivity index (χ2n) is 5.60. The van der Waals surface area contributed by atoms with Crippen molar-refractivity contribution in [2.45, 2.75) is 25.7 Å². The van der Waals surface area contributed by atoms with E-state index in [1.54, 1.807) is 0 Å². The number of hydrogen-bond acceptors (Lipinski definition) is 3. The molecule has 1 heterocycles. The highest BCUT2D eigenvalue weighted by atomic mass is 16.2. The van der Waals surface area contributed by atoms with Crippen molar-refractivity contribution in [2.24, 2.45) is 11.1 Å². The lowest BCUT2D eigenvalue weighted by Crippen LogP contribution is -2.51. The second-order valence-corrected chi connectivity index (χ2v) is 5.60. The van der Waals surface area contributed by atoms with Crippen molar-refractivity contribution < 1.29 is 4.79 Å². The lowest BCUT2D eigenvalue weighted by molar-refractivity contribution is -0.136. The van der Waals surface area contributed by atoms with Crippen molar-refractivity contribution in [1.29, 1.82) is 0 Å². The Hall–Kier alpha value is -1.05. The minimum Gasteiger partial charge on any atom is -0.340 e. The van der Waals surface area contributed by atoms with E-state index in [0.717, 1.165) is 39.0 Å². The van der Waals surface area contributed by atoms with Gasteiger partial charge in [-0.15, -0.1) is 6.42 Å². The Morgan fingerprint density at radius 2 is 1.94 bits per heavy atom. The first kappa shape index (κ1) is 13.4. The van der Waals surface area contributed by atoms with E-state index in [1.807, 2.05) is 4.90 Å². The quantitative estimate of drug-likeness (QED) is 0.728. The fourth-order valence-electron chi connectivity index (χ4n) is 2.85. The lowest BCUT2D eigenvalue weighted by atomic mass is 9.66. The van der Waals surface area contributed by atoms with Gasteiger partial charge in [0, 0.05) is 32.6 Å². The number of terminal acetylenes is 1. The molecule has 4 heteroatoms. The predicted octanol–water partition coefficient (Wildman–Crippen LogP) is 0.283. The van der Waals surface area contributed by atoms with Crippen LogP contribution in [0.5, 0.6) is 0 Å². The Morgan fingerprint density at radius 1 is 1.28 bits per heavy atom. The number of amides is 1. The average Bonchev–Trinajstić information content (AvgIpc) is 2.35. The Morgan fingerprint density at radius 3 is 2.39 bits per heavy atom. The molecule has 1 aliphatic heterocycles. The van der Waals surface area contributed by atoms with Gasteiger partial charge in [-0.05, 0) is 24.8 Å². The molecule has 0 atom stereocenters. The first-order valence-electron chi connectivity index (χ1n) is 6.83. The van der Waals surface area contributed by atoms with E-state index in [-0.39, 0.29) is 11.3 Å². The summed E-state index contributed by atoms with van der Waals surface area (Å²) in [5.41, 5.74) is 5.93. The standard InChI is InChI=1S/C14H23N3O/c1-2-6-16-7-9-17(10-8-16)13(18)11-14(12-15)4-3-5-14/h1H,3-12,15H2.